The maximum Gasteiger partial charge on any atom is 0.325 e. The third-order valence-electron chi connectivity index (χ3n) is 4.99. The number of rotatable bonds is 5. The fraction of sp³-hybridized carbons (Fsp3) is 0.286. The SMILES string of the molecule is CCc1cccc(C)c1NC(=O)CN1C(=O)N[C@](C)(c2ccccc2Cl)C1=O. The number of halogens is 1. The average Bonchev–Trinajstić information content (AvgIpc) is 2.87. The molecule has 1 aliphatic rings. The molecule has 0 radical (unpaired) electrons. The van der Waals surface area contributed by atoms with Crippen molar-refractivity contribution in [2.24, 2.45) is 0 Å². The van der Waals surface area contributed by atoms with Gasteiger partial charge in [-0.05, 0) is 37.5 Å². The van der Waals surface area contributed by atoms with E-state index in [9.17, 15) is 14.4 Å². The first-order chi connectivity index (χ1) is 13.3. The van der Waals surface area contributed by atoms with Gasteiger partial charge < -0.3 is 10.6 Å². The van der Waals surface area contributed by atoms with Crippen LogP contribution in [0.5, 0.6) is 0 Å². The van der Waals surface area contributed by atoms with Crippen molar-refractivity contribution in [2.45, 2.75) is 32.7 Å². The fourth-order valence-corrected chi connectivity index (χ4v) is 3.74. The molecule has 1 aliphatic heterocycles. The van der Waals surface area contributed by atoms with Gasteiger partial charge in [-0.25, -0.2) is 4.79 Å². The van der Waals surface area contributed by atoms with Crippen LogP contribution >= 0.6 is 11.6 Å². The number of hydrogen-bond acceptors (Lipinski definition) is 3. The van der Waals surface area contributed by atoms with Gasteiger partial charge in [-0.1, -0.05) is 54.9 Å². The van der Waals surface area contributed by atoms with Gasteiger partial charge in [0.25, 0.3) is 5.91 Å². The van der Waals surface area contributed by atoms with E-state index < -0.39 is 23.4 Å². The topological polar surface area (TPSA) is 78.5 Å². The second kappa shape index (κ2) is 7.64. The fourth-order valence-electron chi connectivity index (χ4n) is 3.41. The first-order valence-corrected chi connectivity index (χ1v) is 9.43. The van der Waals surface area contributed by atoms with Gasteiger partial charge in [-0.3, -0.25) is 14.5 Å². The summed E-state index contributed by atoms with van der Waals surface area (Å²) >= 11 is 6.22. The van der Waals surface area contributed by atoms with Gasteiger partial charge in [0.05, 0.1) is 0 Å². The Bertz CT molecular complexity index is 960. The third kappa shape index (κ3) is 3.47. The summed E-state index contributed by atoms with van der Waals surface area (Å²) in [5, 5.41) is 5.87. The third-order valence-corrected chi connectivity index (χ3v) is 5.32. The maximum absolute atomic E-state index is 13.0. The summed E-state index contributed by atoms with van der Waals surface area (Å²) < 4.78 is 0. The zero-order valence-corrected chi connectivity index (χ0v) is 16.8. The molecule has 28 heavy (non-hydrogen) atoms. The number of carbonyl (C=O) groups excluding carboxylic acids is 3. The minimum atomic E-state index is -1.31. The quantitative estimate of drug-likeness (QED) is 0.754. The Morgan fingerprint density at radius 2 is 1.89 bits per heavy atom. The number of para-hydroxylation sites is 1. The van der Waals surface area contributed by atoms with Crippen LogP contribution in [-0.2, 0) is 21.5 Å². The van der Waals surface area contributed by atoms with Crippen LogP contribution in [0.4, 0.5) is 10.5 Å². The molecule has 0 aromatic heterocycles. The van der Waals surface area contributed by atoms with Gasteiger partial charge in [0, 0.05) is 16.3 Å². The molecule has 2 aromatic carbocycles. The molecule has 3 rings (SSSR count). The van der Waals surface area contributed by atoms with Crippen molar-refractivity contribution in [3.63, 3.8) is 0 Å². The van der Waals surface area contributed by atoms with Crippen molar-refractivity contribution in [3.8, 4) is 0 Å². The van der Waals surface area contributed by atoms with Crippen molar-refractivity contribution < 1.29 is 14.4 Å². The van der Waals surface area contributed by atoms with Crippen LogP contribution in [0.1, 0.15) is 30.5 Å². The summed E-state index contributed by atoms with van der Waals surface area (Å²) in [5.41, 5.74) is 1.81. The van der Waals surface area contributed by atoms with Crippen LogP contribution in [0.15, 0.2) is 42.5 Å². The Balaban J connectivity index is 1.80. The van der Waals surface area contributed by atoms with E-state index in [2.05, 4.69) is 10.6 Å². The molecule has 2 aromatic rings. The average molecular weight is 400 g/mol. The smallest absolute Gasteiger partial charge is 0.324 e. The number of nitrogens with zero attached hydrogens (tertiary/aromatic N) is 1. The predicted molar refractivity (Wildman–Crippen MR) is 108 cm³/mol. The number of anilines is 1. The van der Waals surface area contributed by atoms with E-state index in [-0.39, 0.29) is 6.54 Å². The normalized spacial score (nSPS) is 18.9. The van der Waals surface area contributed by atoms with E-state index in [0.717, 1.165) is 28.1 Å². The van der Waals surface area contributed by atoms with Crippen molar-refractivity contribution in [3.05, 3.63) is 64.2 Å². The number of carbonyl (C=O) groups is 3. The second-order valence-corrected chi connectivity index (χ2v) is 7.34. The molecule has 0 saturated carbocycles. The molecule has 0 unspecified atom stereocenters. The summed E-state index contributed by atoms with van der Waals surface area (Å²) in [6.45, 7) is 5.11. The highest BCUT2D eigenvalue weighted by Crippen LogP contribution is 2.33. The van der Waals surface area contributed by atoms with Crippen LogP contribution in [0.2, 0.25) is 5.02 Å². The van der Waals surface area contributed by atoms with E-state index in [1.807, 2.05) is 32.0 Å². The first kappa shape index (κ1) is 19.9. The zero-order valence-electron chi connectivity index (χ0n) is 16.0. The molecule has 1 saturated heterocycles. The molecule has 1 heterocycles. The Kier molecular flexibility index (Phi) is 5.42. The summed E-state index contributed by atoms with van der Waals surface area (Å²) in [6.07, 6.45) is 0.755. The van der Waals surface area contributed by atoms with Crippen LogP contribution < -0.4 is 10.6 Å². The van der Waals surface area contributed by atoms with E-state index in [4.69, 9.17) is 11.6 Å². The van der Waals surface area contributed by atoms with Crippen LogP contribution in [0, 0.1) is 6.92 Å². The summed E-state index contributed by atoms with van der Waals surface area (Å²) in [7, 11) is 0. The minimum Gasteiger partial charge on any atom is -0.324 e. The lowest BCUT2D eigenvalue weighted by atomic mass is 9.92. The number of imide groups is 1. The molecule has 0 aliphatic carbocycles. The van der Waals surface area contributed by atoms with Gasteiger partial charge in [0.1, 0.15) is 12.1 Å². The van der Waals surface area contributed by atoms with Gasteiger partial charge in [-0.2, -0.15) is 0 Å². The van der Waals surface area contributed by atoms with Gasteiger partial charge in [-0.15, -0.1) is 0 Å². The lowest BCUT2D eigenvalue weighted by Crippen LogP contribution is -2.42. The maximum atomic E-state index is 13.0. The predicted octanol–water partition coefficient (Wildman–Crippen LogP) is 3.62. The van der Waals surface area contributed by atoms with Crippen molar-refractivity contribution in [1.29, 1.82) is 0 Å². The molecule has 7 heteroatoms. The minimum absolute atomic E-state index is 0.373. The first-order valence-electron chi connectivity index (χ1n) is 9.05. The molecule has 146 valence electrons. The van der Waals surface area contributed by atoms with Crippen LogP contribution in [-0.4, -0.2) is 29.3 Å². The Morgan fingerprint density at radius 3 is 2.57 bits per heavy atom. The highest BCUT2D eigenvalue weighted by Gasteiger charge is 2.50. The van der Waals surface area contributed by atoms with E-state index in [1.54, 1.807) is 31.2 Å². The highest BCUT2D eigenvalue weighted by molar-refractivity contribution is 6.32. The molecule has 2 N–H and O–H groups in total. The lowest BCUT2D eigenvalue weighted by Gasteiger charge is -2.23. The van der Waals surface area contributed by atoms with Gasteiger partial charge >= 0.3 is 6.03 Å². The van der Waals surface area contributed by atoms with Crippen molar-refractivity contribution in [2.75, 3.05) is 11.9 Å². The Hall–Kier alpha value is -2.86. The molecule has 0 bridgehead atoms. The monoisotopic (exact) mass is 399 g/mol. The molecule has 1 fully saturated rings. The summed E-state index contributed by atoms with van der Waals surface area (Å²) in [4.78, 5) is 38.9. The van der Waals surface area contributed by atoms with E-state index in [0.29, 0.717) is 10.6 Å². The number of amides is 4. The molecule has 1 atom stereocenters. The molecular formula is C21H22ClN3O3. The molecule has 4 amide bonds. The second-order valence-electron chi connectivity index (χ2n) is 6.94. The number of aryl methyl sites for hydroxylation is 2. The Morgan fingerprint density at radius 1 is 1.18 bits per heavy atom. The van der Waals surface area contributed by atoms with Gasteiger partial charge in [0.2, 0.25) is 5.91 Å². The van der Waals surface area contributed by atoms with E-state index in [1.165, 1.54) is 0 Å². The number of urea groups is 1. The van der Waals surface area contributed by atoms with Crippen LogP contribution in [0.25, 0.3) is 0 Å². The molecule has 6 nitrogen and oxygen atoms in total. The van der Waals surface area contributed by atoms with E-state index >= 15 is 0 Å². The molecule has 0 spiro atoms. The van der Waals surface area contributed by atoms with Crippen molar-refractivity contribution >= 4 is 35.1 Å². The summed E-state index contributed by atoms with van der Waals surface area (Å²) in [5.74, 6) is -0.947. The standard InChI is InChI=1S/C21H22ClN3O3/c1-4-14-9-7-8-13(2)18(14)23-17(26)12-25-19(27)21(3,24-20(25)28)15-10-5-6-11-16(15)22/h5-11H,4,12H2,1-3H3,(H,23,26)(H,24,28)/t21-/m1/s1. The van der Waals surface area contributed by atoms with Crippen molar-refractivity contribution in [1.82, 2.24) is 10.2 Å². The van der Waals surface area contributed by atoms with Crippen LogP contribution in [0.3, 0.4) is 0 Å². The number of benzene rings is 2. The number of hydrogen-bond donors (Lipinski definition) is 2. The zero-order chi connectivity index (χ0) is 20.5. The largest absolute Gasteiger partial charge is 0.325 e. The molecular weight excluding hydrogens is 378 g/mol. The summed E-state index contributed by atoms with van der Waals surface area (Å²) in [6, 6.07) is 12.0. The number of nitrogens with one attached hydrogen (secondary N) is 2. The lowest BCUT2D eigenvalue weighted by molar-refractivity contribution is -0.133. The Labute approximate surface area is 168 Å². The highest BCUT2D eigenvalue weighted by atomic mass is 35.5. The van der Waals surface area contributed by atoms with Gasteiger partial charge in [0.15, 0.2) is 0 Å².